The first-order valence-corrected chi connectivity index (χ1v) is 11.1. The van der Waals surface area contributed by atoms with Crippen LogP contribution in [-0.2, 0) is 9.73 Å². The molecule has 2 aromatic carbocycles. The highest BCUT2D eigenvalue weighted by atomic mass is 35.5. The van der Waals surface area contributed by atoms with E-state index in [1.807, 2.05) is 0 Å². The second-order valence-electron chi connectivity index (χ2n) is 6.62. The molecule has 3 aromatic rings. The van der Waals surface area contributed by atoms with Gasteiger partial charge in [0.15, 0.2) is 5.75 Å². The molecule has 0 amide bonds. The summed E-state index contributed by atoms with van der Waals surface area (Å²) in [6.45, 7) is 0. The van der Waals surface area contributed by atoms with Crippen LogP contribution in [0.5, 0.6) is 11.5 Å². The molecule has 0 aliphatic carbocycles. The van der Waals surface area contributed by atoms with Crippen molar-refractivity contribution in [3.8, 4) is 11.5 Å². The molecule has 1 aliphatic rings. The lowest BCUT2D eigenvalue weighted by Crippen LogP contribution is -2.01. The van der Waals surface area contributed by atoms with Crippen LogP contribution >= 0.6 is 11.6 Å². The van der Waals surface area contributed by atoms with Gasteiger partial charge in [-0.1, -0.05) is 11.6 Å². The quantitative estimate of drug-likeness (QED) is 0.571. The number of fused-ring (bicyclic) bond motifs is 1. The minimum absolute atomic E-state index is 0.203. The van der Waals surface area contributed by atoms with Crippen LogP contribution in [0.1, 0.15) is 12.8 Å². The van der Waals surface area contributed by atoms with Crippen LogP contribution in [0.4, 0.5) is 21.6 Å². The van der Waals surface area contributed by atoms with Crippen molar-refractivity contribution in [2.24, 2.45) is 4.36 Å². The second kappa shape index (κ2) is 7.64. The zero-order valence-corrected chi connectivity index (χ0v) is 17.1. The van der Waals surface area contributed by atoms with Gasteiger partial charge in [0, 0.05) is 17.6 Å². The Morgan fingerprint density at radius 3 is 2.72 bits per heavy atom. The number of phenolic OH excluding ortho intramolecular Hbond substituents is 1. The molecule has 7 nitrogen and oxygen atoms in total. The van der Waals surface area contributed by atoms with Gasteiger partial charge in [0.05, 0.1) is 38.5 Å². The Kier molecular flexibility index (Phi) is 5.18. The third kappa shape index (κ3) is 3.79. The van der Waals surface area contributed by atoms with E-state index in [-0.39, 0.29) is 22.2 Å². The van der Waals surface area contributed by atoms with Gasteiger partial charge < -0.3 is 15.2 Å². The minimum Gasteiger partial charge on any atom is -0.506 e. The van der Waals surface area contributed by atoms with E-state index in [0.29, 0.717) is 33.9 Å². The molecular weight excluding hydrogens is 419 g/mol. The third-order valence-electron chi connectivity index (χ3n) is 4.66. The number of aromatic nitrogens is 2. The van der Waals surface area contributed by atoms with Crippen LogP contribution in [0.3, 0.4) is 0 Å². The Labute approximate surface area is 172 Å². The highest BCUT2D eigenvalue weighted by molar-refractivity contribution is 7.93. The van der Waals surface area contributed by atoms with Crippen molar-refractivity contribution >= 4 is 49.4 Å². The summed E-state index contributed by atoms with van der Waals surface area (Å²) in [7, 11) is -0.880. The van der Waals surface area contributed by atoms with Gasteiger partial charge in [-0.2, -0.15) is 4.36 Å². The Morgan fingerprint density at radius 1 is 1.28 bits per heavy atom. The lowest BCUT2D eigenvalue weighted by atomic mass is 10.2. The second-order valence-corrected chi connectivity index (χ2v) is 9.55. The molecule has 0 unspecified atom stereocenters. The van der Waals surface area contributed by atoms with E-state index in [9.17, 15) is 13.7 Å². The fourth-order valence-corrected chi connectivity index (χ4v) is 5.82. The Hall–Kier alpha value is -2.65. The molecule has 1 saturated heterocycles. The predicted octanol–water partition coefficient (Wildman–Crippen LogP) is 4.77. The lowest BCUT2D eigenvalue weighted by molar-refractivity contribution is 0.417. The minimum atomic E-state index is -2.33. The summed E-state index contributed by atoms with van der Waals surface area (Å²) in [4.78, 5) is 8.44. The smallest absolute Gasteiger partial charge is 0.164 e. The molecule has 0 atom stereocenters. The van der Waals surface area contributed by atoms with Gasteiger partial charge in [0.1, 0.15) is 29.4 Å². The highest BCUT2D eigenvalue weighted by Crippen LogP contribution is 2.44. The Morgan fingerprint density at radius 2 is 2.03 bits per heavy atom. The van der Waals surface area contributed by atoms with Crippen molar-refractivity contribution in [3.05, 3.63) is 41.4 Å². The van der Waals surface area contributed by atoms with Gasteiger partial charge >= 0.3 is 0 Å². The largest absolute Gasteiger partial charge is 0.506 e. The maximum absolute atomic E-state index is 13.3. The summed E-state index contributed by atoms with van der Waals surface area (Å²) in [6.07, 6.45) is 3.08. The molecule has 0 spiro atoms. The van der Waals surface area contributed by atoms with Crippen molar-refractivity contribution in [1.82, 2.24) is 9.97 Å². The van der Waals surface area contributed by atoms with Crippen molar-refractivity contribution in [1.29, 1.82) is 0 Å². The van der Waals surface area contributed by atoms with Crippen LogP contribution in [0.2, 0.25) is 5.02 Å². The number of methoxy groups -OCH3 is 1. The number of phenols is 1. The fourth-order valence-electron chi connectivity index (χ4n) is 3.27. The topological polar surface area (TPSA) is 96.7 Å². The van der Waals surface area contributed by atoms with Gasteiger partial charge in [-0.15, -0.1) is 0 Å². The molecule has 29 heavy (non-hydrogen) atoms. The number of aromatic hydroxyl groups is 1. The summed E-state index contributed by atoms with van der Waals surface area (Å²) in [5, 5.41) is 13.6. The van der Waals surface area contributed by atoms with Crippen LogP contribution in [-0.4, -0.2) is 37.9 Å². The highest BCUT2D eigenvalue weighted by Gasteiger charge is 2.21. The summed E-state index contributed by atoms with van der Waals surface area (Å²) in [5.41, 5.74) is 1.10. The van der Waals surface area contributed by atoms with Crippen molar-refractivity contribution in [3.63, 3.8) is 0 Å². The first-order chi connectivity index (χ1) is 13.9. The molecule has 4 rings (SSSR count). The first kappa shape index (κ1) is 19.7. The summed E-state index contributed by atoms with van der Waals surface area (Å²) in [6, 6.07) is 5.24. The van der Waals surface area contributed by atoms with Crippen LogP contribution in [0, 0.1) is 5.82 Å². The maximum Gasteiger partial charge on any atom is 0.164 e. The lowest BCUT2D eigenvalue weighted by Gasteiger charge is -2.14. The van der Waals surface area contributed by atoms with Crippen molar-refractivity contribution in [2.75, 3.05) is 23.9 Å². The molecular formula is C19H18ClFN4O3S. The number of hydrogen-bond acceptors (Lipinski definition) is 7. The number of rotatable bonds is 4. The Balaban J connectivity index is 1.87. The average Bonchev–Trinajstić information content (AvgIpc) is 3.10. The van der Waals surface area contributed by atoms with E-state index < -0.39 is 15.5 Å². The van der Waals surface area contributed by atoms with Gasteiger partial charge in [0.25, 0.3) is 0 Å². The molecule has 0 saturated carbocycles. The number of nitrogens with zero attached hydrogens (tertiary/aromatic N) is 3. The van der Waals surface area contributed by atoms with Gasteiger partial charge in [0.2, 0.25) is 0 Å². The number of hydrogen-bond donors (Lipinski definition) is 2. The number of nitrogens with one attached hydrogen (secondary N) is 1. The molecule has 0 bridgehead atoms. The monoisotopic (exact) mass is 436 g/mol. The molecule has 152 valence electrons. The SMILES string of the molecule is COc1c(N=S2(=O)CCCC2)cc2ncnc(Nc3ccc(F)cc3O)c2c1Cl. The standard InChI is InChI=1S/C19H18ClFN4O3S/c1-28-18-14(25-29(27)6-2-3-7-29)9-13-16(17(18)20)19(23-10-22-13)24-12-5-4-11(21)8-15(12)26/h4-5,8-10,26H,2-3,6-7H2,1H3,(H,22,23,24). The normalized spacial score (nSPS) is 15.4. The van der Waals surface area contributed by atoms with E-state index >= 15 is 0 Å². The summed E-state index contributed by atoms with van der Waals surface area (Å²) in [5.74, 6) is 0.835. The molecule has 1 fully saturated rings. The molecule has 2 heterocycles. The van der Waals surface area contributed by atoms with E-state index in [1.54, 1.807) is 6.07 Å². The van der Waals surface area contributed by atoms with E-state index in [1.165, 1.54) is 25.6 Å². The third-order valence-corrected chi connectivity index (χ3v) is 7.40. The number of anilines is 2. The molecule has 0 radical (unpaired) electrons. The molecule has 2 N–H and O–H groups in total. The summed E-state index contributed by atoms with van der Waals surface area (Å²) < 4.78 is 36.1. The fraction of sp³-hybridized carbons (Fsp3) is 0.263. The van der Waals surface area contributed by atoms with E-state index in [4.69, 9.17) is 16.3 Å². The van der Waals surface area contributed by atoms with Gasteiger partial charge in [-0.25, -0.2) is 18.6 Å². The molecule has 1 aromatic heterocycles. The predicted molar refractivity (Wildman–Crippen MR) is 112 cm³/mol. The number of benzene rings is 2. The van der Waals surface area contributed by atoms with E-state index in [0.717, 1.165) is 18.9 Å². The Bertz CT molecular complexity index is 1220. The number of halogens is 2. The molecule has 1 aliphatic heterocycles. The molecule has 10 heteroatoms. The van der Waals surface area contributed by atoms with Gasteiger partial charge in [-0.05, 0) is 31.0 Å². The van der Waals surface area contributed by atoms with Crippen LogP contribution in [0.15, 0.2) is 35.0 Å². The summed E-state index contributed by atoms with van der Waals surface area (Å²) >= 11 is 6.59. The zero-order valence-electron chi connectivity index (χ0n) is 15.5. The first-order valence-electron chi connectivity index (χ1n) is 8.89. The zero-order chi connectivity index (χ0) is 20.6. The van der Waals surface area contributed by atoms with Gasteiger partial charge in [-0.3, -0.25) is 0 Å². The van der Waals surface area contributed by atoms with Crippen molar-refractivity contribution in [2.45, 2.75) is 12.8 Å². The average molecular weight is 437 g/mol. The van der Waals surface area contributed by atoms with Crippen LogP contribution < -0.4 is 10.1 Å². The van der Waals surface area contributed by atoms with E-state index in [2.05, 4.69) is 19.6 Å². The van der Waals surface area contributed by atoms with Crippen LogP contribution in [0.25, 0.3) is 10.9 Å². The van der Waals surface area contributed by atoms with Crippen molar-refractivity contribution < 1.29 is 18.4 Å². The number of ether oxygens (including phenoxy) is 1. The maximum atomic E-state index is 13.3.